The molecule has 1 saturated carbocycles. The molecule has 0 spiro atoms. The van der Waals surface area contributed by atoms with Crippen LogP contribution in [0.4, 0.5) is 5.69 Å². The lowest BCUT2D eigenvalue weighted by atomic mass is 9.93. The number of amides is 1. The van der Waals surface area contributed by atoms with Gasteiger partial charge in [-0.2, -0.15) is 0 Å². The van der Waals surface area contributed by atoms with Crippen LogP contribution in [0, 0.1) is 0 Å². The van der Waals surface area contributed by atoms with E-state index in [1.165, 1.54) is 19.3 Å². The number of likely N-dealkylation sites (tertiary alicyclic amines) is 1. The summed E-state index contributed by atoms with van der Waals surface area (Å²) >= 11 is 0. The molecule has 0 radical (unpaired) electrons. The fourth-order valence-electron chi connectivity index (χ4n) is 5.13. The number of carbonyl (C=O) groups is 1. The normalized spacial score (nSPS) is 20.6. The minimum absolute atomic E-state index is 0.135. The molecule has 2 aliphatic rings. The molecule has 5 rings (SSSR count). The first-order valence-corrected chi connectivity index (χ1v) is 11.2. The van der Waals surface area contributed by atoms with E-state index >= 15 is 0 Å². The summed E-state index contributed by atoms with van der Waals surface area (Å²) in [6.07, 6.45) is 9.99. The predicted octanol–water partition coefficient (Wildman–Crippen LogP) is 4.23. The lowest BCUT2D eigenvalue weighted by molar-refractivity contribution is -0.120. The van der Waals surface area contributed by atoms with Crippen molar-refractivity contribution < 1.29 is 4.79 Å². The summed E-state index contributed by atoms with van der Waals surface area (Å²) < 4.78 is 2.06. The minimum Gasteiger partial charge on any atom is -0.308 e. The van der Waals surface area contributed by atoms with E-state index in [-0.39, 0.29) is 11.9 Å². The van der Waals surface area contributed by atoms with Crippen LogP contribution in [0.3, 0.4) is 0 Å². The number of pyridine rings is 1. The highest BCUT2D eigenvalue weighted by molar-refractivity contribution is 5.95. The fourth-order valence-corrected chi connectivity index (χ4v) is 5.13. The SMILES string of the molecule is O=C(CN1CCC[C@@H]1c1nnc2ccccn12)N(c1ccccc1)C1CCCCC1. The quantitative estimate of drug-likeness (QED) is 0.640. The summed E-state index contributed by atoms with van der Waals surface area (Å²) in [5.41, 5.74) is 1.89. The predicted molar refractivity (Wildman–Crippen MR) is 117 cm³/mol. The molecule has 6 heteroatoms. The van der Waals surface area contributed by atoms with Crippen molar-refractivity contribution in [1.82, 2.24) is 19.5 Å². The van der Waals surface area contributed by atoms with Crippen LogP contribution in [0.15, 0.2) is 54.7 Å². The highest BCUT2D eigenvalue weighted by atomic mass is 16.2. The summed E-state index contributed by atoms with van der Waals surface area (Å²) in [6, 6.07) is 16.6. The monoisotopic (exact) mass is 403 g/mol. The van der Waals surface area contributed by atoms with Gasteiger partial charge in [-0.3, -0.25) is 14.1 Å². The summed E-state index contributed by atoms with van der Waals surface area (Å²) in [4.78, 5) is 18.0. The van der Waals surface area contributed by atoms with Crippen LogP contribution >= 0.6 is 0 Å². The molecule has 3 aromatic rings. The molecule has 3 heterocycles. The van der Waals surface area contributed by atoms with Gasteiger partial charge in [-0.1, -0.05) is 43.5 Å². The molecule has 6 nitrogen and oxygen atoms in total. The number of para-hydroxylation sites is 1. The average molecular weight is 404 g/mol. The molecule has 0 bridgehead atoms. The van der Waals surface area contributed by atoms with Gasteiger partial charge >= 0.3 is 0 Å². The van der Waals surface area contributed by atoms with Crippen molar-refractivity contribution in [2.75, 3.05) is 18.0 Å². The van der Waals surface area contributed by atoms with E-state index < -0.39 is 0 Å². The Hall–Kier alpha value is -2.73. The number of fused-ring (bicyclic) bond motifs is 1. The first kappa shape index (κ1) is 19.2. The van der Waals surface area contributed by atoms with Crippen LogP contribution in [0.5, 0.6) is 0 Å². The van der Waals surface area contributed by atoms with Crippen LogP contribution in [0.25, 0.3) is 5.65 Å². The van der Waals surface area contributed by atoms with Crippen LogP contribution in [0.1, 0.15) is 56.8 Å². The molecule has 2 aromatic heterocycles. The fraction of sp³-hybridized carbons (Fsp3) is 0.458. The van der Waals surface area contributed by atoms with Gasteiger partial charge in [0.1, 0.15) is 0 Å². The number of hydrogen-bond acceptors (Lipinski definition) is 4. The second-order valence-corrected chi connectivity index (χ2v) is 8.51. The third kappa shape index (κ3) is 3.72. The summed E-state index contributed by atoms with van der Waals surface area (Å²) in [7, 11) is 0. The van der Waals surface area contributed by atoms with E-state index in [0.29, 0.717) is 12.6 Å². The Kier molecular flexibility index (Phi) is 5.49. The Morgan fingerprint density at radius 3 is 2.57 bits per heavy atom. The number of carbonyl (C=O) groups excluding carboxylic acids is 1. The molecule has 1 amide bonds. The maximum absolute atomic E-state index is 13.6. The van der Waals surface area contributed by atoms with E-state index in [1.54, 1.807) is 0 Å². The van der Waals surface area contributed by atoms with Crippen LogP contribution in [-0.4, -0.2) is 44.5 Å². The third-order valence-electron chi connectivity index (χ3n) is 6.58. The Morgan fingerprint density at radius 2 is 1.73 bits per heavy atom. The summed E-state index contributed by atoms with van der Waals surface area (Å²) in [6.45, 7) is 1.35. The number of rotatable bonds is 5. The molecule has 2 fully saturated rings. The largest absolute Gasteiger partial charge is 0.308 e. The van der Waals surface area contributed by atoms with Gasteiger partial charge in [0.2, 0.25) is 5.91 Å². The van der Waals surface area contributed by atoms with Gasteiger partial charge < -0.3 is 4.90 Å². The van der Waals surface area contributed by atoms with E-state index in [9.17, 15) is 4.79 Å². The number of nitrogens with zero attached hydrogens (tertiary/aromatic N) is 5. The summed E-state index contributed by atoms with van der Waals surface area (Å²) in [5.74, 6) is 1.15. The first-order chi connectivity index (χ1) is 14.8. The molecule has 1 aliphatic heterocycles. The Balaban J connectivity index is 1.39. The van der Waals surface area contributed by atoms with Crippen LogP contribution in [0.2, 0.25) is 0 Å². The zero-order valence-electron chi connectivity index (χ0n) is 17.4. The molecular weight excluding hydrogens is 374 g/mol. The minimum atomic E-state index is 0.135. The zero-order valence-corrected chi connectivity index (χ0v) is 17.4. The second kappa shape index (κ2) is 8.56. The Morgan fingerprint density at radius 1 is 0.933 bits per heavy atom. The maximum atomic E-state index is 13.6. The smallest absolute Gasteiger partial charge is 0.241 e. The second-order valence-electron chi connectivity index (χ2n) is 8.51. The van der Waals surface area contributed by atoms with Gasteiger partial charge in [0.25, 0.3) is 0 Å². The van der Waals surface area contributed by atoms with Crippen molar-refractivity contribution in [3.8, 4) is 0 Å². The molecule has 1 aliphatic carbocycles. The number of benzene rings is 1. The first-order valence-electron chi connectivity index (χ1n) is 11.2. The third-order valence-corrected chi connectivity index (χ3v) is 6.58. The topological polar surface area (TPSA) is 53.7 Å². The van der Waals surface area contributed by atoms with Crippen molar-refractivity contribution in [3.63, 3.8) is 0 Å². The van der Waals surface area contributed by atoms with Crippen molar-refractivity contribution in [1.29, 1.82) is 0 Å². The number of aromatic nitrogens is 3. The van der Waals surface area contributed by atoms with Gasteiger partial charge in [0.05, 0.1) is 12.6 Å². The van der Waals surface area contributed by atoms with Crippen molar-refractivity contribution in [2.45, 2.75) is 57.0 Å². The van der Waals surface area contributed by atoms with E-state index in [4.69, 9.17) is 0 Å². The van der Waals surface area contributed by atoms with E-state index in [2.05, 4.69) is 36.5 Å². The van der Waals surface area contributed by atoms with Crippen molar-refractivity contribution in [3.05, 3.63) is 60.6 Å². The maximum Gasteiger partial charge on any atom is 0.241 e. The highest BCUT2D eigenvalue weighted by Crippen LogP contribution is 2.32. The molecular formula is C24H29N5O. The lowest BCUT2D eigenvalue weighted by Gasteiger charge is -2.36. The number of hydrogen-bond donors (Lipinski definition) is 0. The molecule has 1 atom stereocenters. The highest BCUT2D eigenvalue weighted by Gasteiger charge is 2.34. The Bertz CT molecular complexity index is 995. The van der Waals surface area contributed by atoms with Crippen molar-refractivity contribution in [2.24, 2.45) is 0 Å². The molecule has 30 heavy (non-hydrogen) atoms. The number of anilines is 1. The molecule has 0 N–H and O–H groups in total. The average Bonchev–Trinajstić information content (AvgIpc) is 3.42. The van der Waals surface area contributed by atoms with Crippen LogP contribution in [-0.2, 0) is 4.79 Å². The molecule has 1 saturated heterocycles. The molecule has 1 aromatic carbocycles. The van der Waals surface area contributed by atoms with Gasteiger partial charge in [0.15, 0.2) is 11.5 Å². The van der Waals surface area contributed by atoms with E-state index in [1.807, 2.05) is 42.6 Å². The van der Waals surface area contributed by atoms with Gasteiger partial charge in [0, 0.05) is 17.9 Å². The van der Waals surface area contributed by atoms with Crippen LogP contribution < -0.4 is 4.90 Å². The molecule has 156 valence electrons. The van der Waals surface area contributed by atoms with Gasteiger partial charge in [-0.25, -0.2) is 0 Å². The van der Waals surface area contributed by atoms with Gasteiger partial charge in [-0.05, 0) is 56.5 Å². The lowest BCUT2D eigenvalue weighted by Crippen LogP contribution is -2.46. The zero-order chi connectivity index (χ0) is 20.3. The van der Waals surface area contributed by atoms with Gasteiger partial charge in [-0.15, -0.1) is 10.2 Å². The van der Waals surface area contributed by atoms with Crippen molar-refractivity contribution >= 4 is 17.2 Å². The molecule has 0 unspecified atom stereocenters. The van der Waals surface area contributed by atoms with E-state index in [0.717, 1.165) is 49.4 Å². The summed E-state index contributed by atoms with van der Waals surface area (Å²) in [5, 5.41) is 8.80. The standard InChI is InChI=1S/C24H29N5O/c30-23(29(19-10-3-1-4-11-19)20-12-5-2-6-13-20)18-27-16-9-14-21(27)24-26-25-22-15-7-8-17-28(22)24/h1,3-4,7-8,10-11,15,17,20-21H,2,5-6,9,12-14,16,18H2/t21-/m1/s1. The Labute approximate surface area is 177 Å².